The van der Waals surface area contributed by atoms with Gasteiger partial charge in [-0.05, 0) is 74.1 Å². The molecule has 1 atom stereocenters. The summed E-state index contributed by atoms with van der Waals surface area (Å²) in [5.74, 6) is -0.698. The van der Waals surface area contributed by atoms with Crippen LogP contribution in [-0.2, 0) is 17.4 Å². The number of carbonyl (C=O) groups excluding carboxylic acids is 1. The van der Waals surface area contributed by atoms with Gasteiger partial charge in [0, 0.05) is 36.6 Å². The second-order valence-corrected chi connectivity index (χ2v) is 10.5. The van der Waals surface area contributed by atoms with Gasteiger partial charge in [-0.15, -0.1) is 0 Å². The summed E-state index contributed by atoms with van der Waals surface area (Å²) in [5.41, 5.74) is 4.72. The van der Waals surface area contributed by atoms with Crippen molar-refractivity contribution in [2.24, 2.45) is 0 Å². The maximum absolute atomic E-state index is 13.4. The quantitative estimate of drug-likeness (QED) is 0.233. The highest BCUT2D eigenvalue weighted by Gasteiger charge is 2.31. The number of carboxylic acids is 1. The topological polar surface area (TPSA) is 83.4 Å². The van der Waals surface area contributed by atoms with Crippen LogP contribution in [-0.4, -0.2) is 44.9 Å². The highest BCUT2D eigenvalue weighted by molar-refractivity contribution is 5.97. The fourth-order valence-corrected chi connectivity index (χ4v) is 5.44. The number of benzene rings is 3. The summed E-state index contributed by atoms with van der Waals surface area (Å²) >= 11 is 0. The summed E-state index contributed by atoms with van der Waals surface area (Å²) < 4.78 is 39.3. The van der Waals surface area contributed by atoms with E-state index in [2.05, 4.69) is 19.1 Å². The fourth-order valence-electron chi connectivity index (χ4n) is 5.44. The van der Waals surface area contributed by atoms with Crippen LogP contribution >= 0.6 is 0 Å². The van der Waals surface area contributed by atoms with Crippen molar-refractivity contribution < 1.29 is 27.9 Å². The van der Waals surface area contributed by atoms with E-state index in [0.717, 1.165) is 18.6 Å². The minimum absolute atomic E-state index is 0.00854. The van der Waals surface area contributed by atoms with Gasteiger partial charge in [0.15, 0.2) is 0 Å². The van der Waals surface area contributed by atoms with Crippen LogP contribution in [0.1, 0.15) is 64.3 Å². The Hall–Kier alpha value is -4.27. The van der Waals surface area contributed by atoms with Crippen molar-refractivity contribution in [3.05, 3.63) is 94.7 Å². The van der Waals surface area contributed by atoms with E-state index in [9.17, 15) is 22.8 Å². The molecule has 1 saturated heterocycles. The van der Waals surface area contributed by atoms with Crippen molar-refractivity contribution in [1.82, 2.24) is 14.9 Å². The molecule has 6 nitrogen and oxygen atoms in total. The van der Waals surface area contributed by atoms with Crippen molar-refractivity contribution in [1.29, 1.82) is 0 Å². The average Bonchev–Trinajstić information content (AvgIpc) is 3.44. The molecule has 1 aliphatic rings. The minimum Gasteiger partial charge on any atom is -0.481 e. The summed E-state index contributed by atoms with van der Waals surface area (Å²) in [7, 11) is 0. The Kier molecular flexibility index (Phi) is 8.06. The third-order valence-corrected chi connectivity index (χ3v) is 7.63. The molecule has 1 aromatic heterocycles. The van der Waals surface area contributed by atoms with E-state index < -0.39 is 17.7 Å². The fraction of sp³-hybridized carbons (Fsp3) is 0.312. The van der Waals surface area contributed by atoms with E-state index in [1.54, 1.807) is 18.2 Å². The van der Waals surface area contributed by atoms with Crippen molar-refractivity contribution in [3.8, 4) is 11.3 Å². The monoisotopic (exact) mass is 561 g/mol. The Labute approximate surface area is 235 Å². The first-order valence-electron chi connectivity index (χ1n) is 13.6. The number of amides is 1. The molecule has 5 rings (SSSR count). The summed E-state index contributed by atoms with van der Waals surface area (Å²) in [4.78, 5) is 35.8. The number of carbonyl (C=O) groups is 2. The summed E-state index contributed by atoms with van der Waals surface area (Å²) in [6.45, 7) is 3.37. The number of halogens is 3. The van der Waals surface area contributed by atoms with E-state index in [0.29, 0.717) is 65.9 Å². The predicted octanol–water partition coefficient (Wildman–Crippen LogP) is 7.05. The molecular weight excluding hydrogens is 531 g/mol. The van der Waals surface area contributed by atoms with Gasteiger partial charge in [0.1, 0.15) is 0 Å². The molecule has 41 heavy (non-hydrogen) atoms. The van der Waals surface area contributed by atoms with Crippen LogP contribution in [0.3, 0.4) is 0 Å². The molecule has 0 radical (unpaired) electrons. The number of alkyl halides is 3. The number of likely N-dealkylation sites (tertiary alicyclic amines) is 1. The zero-order valence-electron chi connectivity index (χ0n) is 22.6. The highest BCUT2D eigenvalue weighted by atomic mass is 19.4. The Morgan fingerprint density at radius 1 is 0.976 bits per heavy atom. The molecule has 9 heteroatoms. The molecule has 0 spiro atoms. The Morgan fingerprint density at radius 3 is 2.44 bits per heavy atom. The molecule has 1 fully saturated rings. The highest BCUT2D eigenvalue weighted by Crippen LogP contribution is 2.33. The normalized spacial score (nSPS) is 15.4. The van der Waals surface area contributed by atoms with Gasteiger partial charge in [0.25, 0.3) is 5.91 Å². The zero-order chi connectivity index (χ0) is 29.1. The first-order chi connectivity index (χ1) is 19.6. The Bertz CT molecular complexity index is 1590. The first kappa shape index (κ1) is 28.3. The maximum Gasteiger partial charge on any atom is 0.416 e. The van der Waals surface area contributed by atoms with Crippen molar-refractivity contribution in [2.45, 2.75) is 51.1 Å². The number of nitrogens with zero attached hydrogens (tertiary/aromatic N) is 3. The van der Waals surface area contributed by atoms with Gasteiger partial charge in [0.2, 0.25) is 0 Å². The van der Waals surface area contributed by atoms with E-state index >= 15 is 0 Å². The Morgan fingerprint density at radius 2 is 1.73 bits per heavy atom. The number of hydrogen-bond donors (Lipinski definition) is 1. The lowest BCUT2D eigenvalue weighted by atomic mass is 9.94. The first-order valence-corrected chi connectivity index (χ1v) is 13.6. The van der Waals surface area contributed by atoms with Crippen LogP contribution in [0.25, 0.3) is 22.3 Å². The second kappa shape index (κ2) is 11.7. The molecule has 212 valence electrons. The third kappa shape index (κ3) is 6.39. The van der Waals surface area contributed by atoms with Crippen LogP contribution in [0, 0.1) is 6.92 Å². The lowest BCUT2D eigenvalue weighted by Crippen LogP contribution is -2.28. The van der Waals surface area contributed by atoms with Crippen LogP contribution < -0.4 is 0 Å². The van der Waals surface area contributed by atoms with Gasteiger partial charge < -0.3 is 10.0 Å². The number of aromatic nitrogens is 2. The number of hydrogen-bond acceptors (Lipinski definition) is 4. The smallest absolute Gasteiger partial charge is 0.416 e. The van der Waals surface area contributed by atoms with Crippen LogP contribution in [0.15, 0.2) is 66.7 Å². The van der Waals surface area contributed by atoms with Gasteiger partial charge in [-0.1, -0.05) is 36.4 Å². The van der Waals surface area contributed by atoms with Crippen molar-refractivity contribution in [3.63, 3.8) is 0 Å². The van der Waals surface area contributed by atoms with Gasteiger partial charge in [0.05, 0.1) is 28.0 Å². The number of aliphatic carboxylic acids is 1. The molecule has 3 aromatic carbocycles. The van der Waals surface area contributed by atoms with E-state index in [-0.39, 0.29) is 18.2 Å². The van der Waals surface area contributed by atoms with Crippen LogP contribution in [0.5, 0.6) is 0 Å². The summed E-state index contributed by atoms with van der Waals surface area (Å²) in [6.07, 6.45) is -2.21. The summed E-state index contributed by atoms with van der Waals surface area (Å²) in [6, 6.07) is 18.1. The van der Waals surface area contributed by atoms with E-state index in [1.807, 2.05) is 17.0 Å². The molecule has 1 N–H and O–H groups in total. The molecule has 0 bridgehead atoms. The van der Waals surface area contributed by atoms with Gasteiger partial charge in [-0.25, -0.2) is 9.97 Å². The van der Waals surface area contributed by atoms with Crippen LogP contribution in [0.2, 0.25) is 0 Å². The molecule has 2 heterocycles. The molecule has 1 unspecified atom stereocenters. The molecule has 0 saturated carbocycles. The van der Waals surface area contributed by atoms with Gasteiger partial charge in [-0.3, -0.25) is 9.59 Å². The standard InChI is InChI=1S/C32H30F3N3O3/c1-20-6-2-3-7-25(20)23-16-17-38(19-23)31(41)22-12-15-26-28(18-22)36-27(8-4-5-9-29(39)40)30(37-26)21-10-13-24(14-11-21)32(33,34)35/h2-3,6-7,10-15,18,23H,4-5,8-9,16-17,19H2,1H3,(H,39,40). The molecule has 1 amide bonds. The van der Waals surface area contributed by atoms with Crippen molar-refractivity contribution in [2.75, 3.05) is 13.1 Å². The SMILES string of the molecule is Cc1ccccc1C1CCN(C(=O)c2ccc3nc(-c4ccc(C(F)(F)F)cc4)c(CCCCC(=O)O)nc3c2)C1. The average molecular weight is 562 g/mol. The predicted molar refractivity (Wildman–Crippen MR) is 150 cm³/mol. The van der Waals surface area contributed by atoms with E-state index in [1.165, 1.54) is 23.3 Å². The van der Waals surface area contributed by atoms with E-state index in [4.69, 9.17) is 15.1 Å². The molecular formula is C32H30F3N3O3. The lowest BCUT2D eigenvalue weighted by molar-refractivity contribution is -0.138. The number of carboxylic acid groups (broad SMARTS) is 1. The van der Waals surface area contributed by atoms with Gasteiger partial charge in [-0.2, -0.15) is 13.2 Å². The van der Waals surface area contributed by atoms with Crippen molar-refractivity contribution >= 4 is 22.9 Å². The number of unbranched alkanes of at least 4 members (excludes halogenated alkanes) is 1. The molecule has 4 aromatic rings. The number of fused-ring (bicyclic) bond motifs is 1. The molecule has 1 aliphatic heterocycles. The minimum atomic E-state index is -4.45. The molecule has 0 aliphatic carbocycles. The number of aryl methyl sites for hydroxylation is 2. The maximum atomic E-state index is 13.4. The largest absolute Gasteiger partial charge is 0.481 e. The zero-order valence-corrected chi connectivity index (χ0v) is 22.6. The van der Waals surface area contributed by atoms with Crippen LogP contribution in [0.4, 0.5) is 13.2 Å². The second-order valence-electron chi connectivity index (χ2n) is 10.5. The Balaban J connectivity index is 1.43. The van der Waals surface area contributed by atoms with Gasteiger partial charge >= 0.3 is 12.1 Å². The number of rotatable bonds is 8. The third-order valence-electron chi connectivity index (χ3n) is 7.63. The summed E-state index contributed by atoms with van der Waals surface area (Å²) in [5, 5.41) is 8.99. The lowest BCUT2D eigenvalue weighted by Gasteiger charge is -2.18.